The molecule has 0 spiro atoms. The van der Waals surface area contributed by atoms with Crippen LogP contribution in [0.25, 0.3) is 21.9 Å². The van der Waals surface area contributed by atoms with Crippen LogP contribution in [0.15, 0.2) is 82.2 Å². The van der Waals surface area contributed by atoms with E-state index in [1.54, 1.807) is 14.4 Å². The van der Waals surface area contributed by atoms with Crippen molar-refractivity contribution in [2.24, 2.45) is 0 Å². The van der Waals surface area contributed by atoms with Gasteiger partial charge in [-0.1, -0.05) is 7.43 Å². The van der Waals surface area contributed by atoms with Crippen molar-refractivity contribution in [1.82, 2.24) is 0 Å². The molecule has 1 unspecified atom stereocenters. The van der Waals surface area contributed by atoms with Crippen molar-refractivity contribution < 1.29 is 48.0 Å². The number of rotatable bonds is 2. The molecule has 1 atom stereocenters. The third-order valence-corrected chi connectivity index (χ3v) is 8.95. The molecular weight excluding hydrogens is 438 g/mol. The number of hydrogen-bond acceptors (Lipinski definition) is 0. The van der Waals surface area contributed by atoms with Crippen LogP contribution in [0.4, 0.5) is 0 Å². The van der Waals surface area contributed by atoms with Gasteiger partial charge in [-0.15, -0.1) is 0 Å². The Bertz CT molecular complexity index is 988. The first-order valence-corrected chi connectivity index (χ1v) is 10.8. The van der Waals surface area contributed by atoms with Gasteiger partial charge in [0.25, 0.3) is 0 Å². The van der Waals surface area contributed by atoms with E-state index >= 15 is 0 Å². The summed E-state index contributed by atoms with van der Waals surface area (Å²) in [5.41, 5.74) is 6.07. The van der Waals surface area contributed by atoms with E-state index in [-0.39, 0.29) is 32.2 Å². The molecule has 3 aromatic carbocycles. The minimum absolute atomic E-state index is 0. The van der Waals surface area contributed by atoms with Crippen molar-refractivity contribution in [3.8, 4) is 11.1 Å². The molecule has 0 aliphatic heterocycles. The molecule has 0 saturated carbocycles. The van der Waals surface area contributed by atoms with E-state index < -0.39 is 23.2 Å². The topological polar surface area (TPSA) is 0 Å². The van der Waals surface area contributed by atoms with Crippen LogP contribution in [0.2, 0.25) is 0 Å². The van der Waals surface area contributed by atoms with Gasteiger partial charge in [-0.3, -0.25) is 0 Å². The van der Waals surface area contributed by atoms with Crippen molar-refractivity contribution >= 4 is 10.8 Å². The smallest absolute Gasteiger partial charge is 1.00 e. The van der Waals surface area contributed by atoms with Gasteiger partial charge in [-0.25, -0.2) is 0 Å². The Morgan fingerprint density at radius 3 is 2.19 bits per heavy atom. The van der Waals surface area contributed by atoms with E-state index in [2.05, 4.69) is 78.9 Å². The van der Waals surface area contributed by atoms with Crippen LogP contribution in [0, 0.1) is 0 Å². The standard InChI is InChI=1S/C17H11.C5H5.CH4.2ClH.Zr/c1-2-6-13-11-17-15(9-12(13)5-1)10-14-7-3-4-8-16(14)17;1-2-4-5-3-1;;;;/h1-11H;1-3H,4H2;1H4;2*1H;/q;;;;;+2/p-2. The van der Waals surface area contributed by atoms with Gasteiger partial charge in [0, 0.05) is 0 Å². The second-order valence-corrected chi connectivity index (χ2v) is 9.98. The second-order valence-electron chi connectivity index (χ2n) is 6.28. The molecule has 0 N–H and O–H groups in total. The SMILES string of the molecule is C.C1=CC[C]([Zr+2][CH]2c3ccccc3-c3cc4ccccc4cc32)=C1.[Cl-].[Cl-]. The first-order valence-electron chi connectivity index (χ1n) is 8.14. The van der Waals surface area contributed by atoms with E-state index in [9.17, 15) is 0 Å². The van der Waals surface area contributed by atoms with Crippen LogP contribution in [0.3, 0.4) is 0 Å². The fraction of sp³-hybridized carbons (Fsp3) is 0.130. The van der Waals surface area contributed by atoms with Gasteiger partial charge in [0.1, 0.15) is 0 Å². The molecule has 2 aliphatic carbocycles. The number of benzene rings is 3. The second kappa shape index (κ2) is 8.70. The summed E-state index contributed by atoms with van der Waals surface area (Å²) >= 11 is -0.647. The fourth-order valence-electron chi connectivity index (χ4n) is 3.79. The third kappa shape index (κ3) is 3.50. The molecule has 2 aliphatic rings. The maximum atomic E-state index is 2.46. The Labute approximate surface area is 179 Å². The van der Waals surface area contributed by atoms with Gasteiger partial charge >= 0.3 is 148 Å². The molecular formula is C23H20Cl2Zr. The summed E-state index contributed by atoms with van der Waals surface area (Å²) in [6.45, 7) is 0. The Morgan fingerprint density at radius 2 is 1.46 bits per heavy atom. The van der Waals surface area contributed by atoms with Gasteiger partial charge in [0.2, 0.25) is 0 Å². The molecule has 3 heteroatoms. The molecule has 0 amide bonds. The Morgan fingerprint density at radius 1 is 0.769 bits per heavy atom. The zero-order chi connectivity index (χ0) is 15.2. The molecule has 5 rings (SSSR count). The van der Waals surface area contributed by atoms with Crippen LogP contribution in [-0.4, -0.2) is 0 Å². The minimum Gasteiger partial charge on any atom is -1.00 e. The maximum Gasteiger partial charge on any atom is -1.00 e. The van der Waals surface area contributed by atoms with E-state index in [1.165, 1.54) is 28.3 Å². The van der Waals surface area contributed by atoms with Crippen molar-refractivity contribution in [2.75, 3.05) is 0 Å². The van der Waals surface area contributed by atoms with E-state index in [1.807, 2.05) is 0 Å². The molecule has 0 radical (unpaired) electrons. The van der Waals surface area contributed by atoms with Crippen LogP contribution < -0.4 is 24.8 Å². The molecule has 26 heavy (non-hydrogen) atoms. The summed E-state index contributed by atoms with van der Waals surface area (Å²) in [4.78, 5) is 0. The molecule has 0 heterocycles. The van der Waals surface area contributed by atoms with Crippen molar-refractivity contribution in [1.29, 1.82) is 0 Å². The normalized spacial score (nSPS) is 15.7. The largest absolute Gasteiger partial charge is 1.00 e. The average Bonchev–Trinajstić information content (AvgIpc) is 3.21. The molecule has 0 aromatic heterocycles. The Balaban J connectivity index is 0.000000810. The van der Waals surface area contributed by atoms with Gasteiger partial charge in [0.05, 0.1) is 0 Å². The zero-order valence-corrected chi connectivity index (χ0v) is 17.5. The van der Waals surface area contributed by atoms with Crippen LogP contribution in [0.1, 0.15) is 28.6 Å². The number of hydrogen-bond donors (Lipinski definition) is 0. The molecule has 0 bridgehead atoms. The van der Waals surface area contributed by atoms with Crippen molar-refractivity contribution in [2.45, 2.75) is 17.5 Å². The van der Waals surface area contributed by atoms with Crippen LogP contribution in [-0.2, 0) is 23.2 Å². The van der Waals surface area contributed by atoms with E-state index in [4.69, 9.17) is 0 Å². The van der Waals surface area contributed by atoms with Crippen LogP contribution >= 0.6 is 0 Å². The molecule has 0 nitrogen and oxygen atoms in total. The monoisotopic (exact) mass is 456 g/mol. The third-order valence-electron chi connectivity index (χ3n) is 4.89. The number of halogens is 2. The molecule has 3 aromatic rings. The summed E-state index contributed by atoms with van der Waals surface area (Å²) in [6.07, 6.45) is 8.10. The number of fused-ring (bicyclic) bond motifs is 4. The van der Waals surface area contributed by atoms with Gasteiger partial charge in [0.15, 0.2) is 0 Å². The predicted molar refractivity (Wildman–Crippen MR) is 99.8 cm³/mol. The quantitative estimate of drug-likeness (QED) is 0.524. The Hall–Kier alpha value is -1.14. The minimum atomic E-state index is -0.647. The first kappa shape index (κ1) is 21.2. The number of allylic oxidation sites excluding steroid dienone is 4. The average molecular weight is 459 g/mol. The van der Waals surface area contributed by atoms with Crippen LogP contribution in [0.5, 0.6) is 0 Å². The maximum absolute atomic E-state index is 2.46. The summed E-state index contributed by atoms with van der Waals surface area (Å²) in [5, 5.41) is 2.73. The van der Waals surface area contributed by atoms with Gasteiger partial charge < -0.3 is 24.8 Å². The first-order chi connectivity index (χ1) is 11.4. The predicted octanol–water partition coefficient (Wildman–Crippen LogP) is 0.480. The molecule has 0 saturated heterocycles. The van der Waals surface area contributed by atoms with Gasteiger partial charge in [-0.2, -0.15) is 0 Å². The summed E-state index contributed by atoms with van der Waals surface area (Å²) in [6, 6.07) is 22.7. The van der Waals surface area contributed by atoms with E-state index in [0.717, 1.165) is 0 Å². The Kier molecular flexibility index (Phi) is 7.08. The molecule has 0 fully saturated rings. The zero-order valence-electron chi connectivity index (χ0n) is 13.5. The molecule has 130 valence electrons. The summed E-state index contributed by atoms with van der Waals surface area (Å²) in [5.74, 6) is 0. The van der Waals surface area contributed by atoms with Gasteiger partial charge in [-0.05, 0) is 0 Å². The fourth-order valence-corrected chi connectivity index (χ4v) is 7.72. The summed E-state index contributed by atoms with van der Waals surface area (Å²) < 4.78 is 2.38. The summed E-state index contributed by atoms with van der Waals surface area (Å²) in [7, 11) is 0. The van der Waals surface area contributed by atoms with Crippen molar-refractivity contribution in [3.05, 3.63) is 93.3 Å². The van der Waals surface area contributed by atoms with E-state index in [0.29, 0.717) is 3.63 Å². The van der Waals surface area contributed by atoms with Crippen molar-refractivity contribution in [3.63, 3.8) is 0 Å².